The average molecular weight is 251 g/mol. The molecule has 2 N–H and O–H groups in total. The zero-order valence-corrected chi connectivity index (χ0v) is 10.3. The van der Waals surface area contributed by atoms with Crippen molar-refractivity contribution in [3.8, 4) is 11.5 Å². The van der Waals surface area contributed by atoms with Gasteiger partial charge in [0.25, 0.3) is 0 Å². The maximum absolute atomic E-state index is 10.9. The van der Waals surface area contributed by atoms with Gasteiger partial charge in [-0.1, -0.05) is 12.1 Å². The van der Waals surface area contributed by atoms with Gasteiger partial charge in [-0.05, 0) is 31.5 Å². The summed E-state index contributed by atoms with van der Waals surface area (Å²) < 4.78 is 11.1. The van der Waals surface area contributed by atoms with Crippen LogP contribution in [-0.4, -0.2) is 37.4 Å². The summed E-state index contributed by atoms with van der Waals surface area (Å²) in [6, 6.07) is 5.18. The van der Waals surface area contributed by atoms with Crippen molar-refractivity contribution in [2.75, 3.05) is 20.3 Å². The smallest absolute Gasteiger partial charge is 0.320 e. The zero-order chi connectivity index (χ0) is 13.0. The maximum atomic E-state index is 10.9. The van der Waals surface area contributed by atoms with Crippen LogP contribution in [0.25, 0.3) is 0 Å². The first kappa shape index (κ1) is 12.7. The van der Waals surface area contributed by atoms with Gasteiger partial charge in [0.2, 0.25) is 0 Å². The number of carboxylic acid groups (broad SMARTS) is 1. The third-order valence-electron chi connectivity index (χ3n) is 3.00. The molecule has 1 aromatic rings. The molecule has 0 unspecified atom stereocenters. The molecule has 0 aromatic heterocycles. The van der Waals surface area contributed by atoms with Gasteiger partial charge in [0, 0.05) is 0 Å². The number of para-hydroxylation sites is 1. The van der Waals surface area contributed by atoms with Crippen molar-refractivity contribution < 1.29 is 19.4 Å². The third-order valence-corrected chi connectivity index (χ3v) is 3.00. The Kier molecular flexibility index (Phi) is 4.04. The highest BCUT2D eigenvalue weighted by Gasteiger charge is 2.19. The van der Waals surface area contributed by atoms with E-state index in [2.05, 4.69) is 5.32 Å². The van der Waals surface area contributed by atoms with Gasteiger partial charge in [-0.3, -0.25) is 4.79 Å². The molecule has 1 heterocycles. The van der Waals surface area contributed by atoms with Crippen LogP contribution in [0.15, 0.2) is 18.2 Å². The van der Waals surface area contributed by atoms with Crippen molar-refractivity contribution in [1.29, 1.82) is 0 Å². The Labute approximate surface area is 106 Å². The number of ether oxygens (including phenoxy) is 2. The Morgan fingerprint density at radius 2 is 2.22 bits per heavy atom. The van der Waals surface area contributed by atoms with E-state index in [-0.39, 0.29) is 0 Å². The predicted octanol–water partition coefficient (Wildman–Crippen LogP) is 1.06. The average Bonchev–Trinajstić information content (AvgIpc) is 2.39. The molecule has 2 rings (SSSR count). The monoisotopic (exact) mass is 251 g/mol. The fourth-order valence-electron chi connectivity index (χ4n) is 2.02. The van der Waals surface area contributed by atoms with E-state index in [4.69, 9.17) is 14.6 Å². The molecule has 1 aromatic carbocycles. The number of carbonyl (C=O) groups is 1. The largest absolute Gasteiger partial charge is 0.486 e. The van der Waals surface area contributed by atoms with Crippen LogP contribution >= 0.6 is 0 Å². The normalized spacial score (nSPS) is 15.2. The number of carboxylic acids is 1. The summed E-state index contributed by atoms with van der Waals surface area (Å²) in [5.74, 6) is 0.665. The van der Waals surface area contributed by atoms with E-state index < -0.39 is 12.0 Å². The minimum Gasteiger partial charge on any atom is -0.486 e. The second-order valence-corrected chi connectivity index (χ2v) is 4.16. The Morgan fingerprint density at radius 1 is 1.44 bits per heavy atom. The van der Waals surface area contributed by atoms with Gasteiger partial charge in [0.1, 0.15) is 19.3 Å². The Morgan fingerprint density at radius 3 is 2.94 bits per heavy atom. The van der Waals surface area contributed by atoms with Gasteiger partial charge in [0.05, 0.1) is 0 Å². The van der Waals surface area contributed by atoms with E-state index >= 15 is 0 Å². The van der Waals surface area contributed by atoms with Crippen molar-refractivity contribution >= 4 is 5.97 Å². The lowest BCUT2D eigenvalue weighted by Gasteiger charge is -2.21. The lowest BCUT2D eigenvalue weighted by Crippen LogP contribution is -2.34. The van der Waals surface area contributed by atoms with E-state index in [1.54, 1.807) is 7.05 Å². The summed E-state index contributed by atoms with van der Waals surface area (Å²) in [6.07, 6.45) is 1.16. The van der Waals surface area contributed by atoms with Crippen molar-refractivity contribution in [3.05, 3.63) is 23.8 Å². The Balaban J connectivity index is 2.07. The summed E-state index contributed by atoms with van der Waals surface area (Å²) in [4.78, 5) is 10.9. The molecule has 98 valence electrons. The van der Waals surface area contributed by atoms with Crippen LogP contribution < -0.4 is 14.8 Å². The van der Waals surface area contributed by atoms with E-state index in [1.165, 1.54) is 0 Å². The summed E-state index contributed by atoms with van der Waals surface area (Å²) in [7, 11) is 1.65. The number of hydrogen-bond donors (Lipinski definition) is 2. The molecule has 0 radical (unpaired) electrons. The molecular weight excluding hydrogens is 234 g/mol. The molecule has 0 bridgehead atoms. The van der Waals surface area contributed by atoms with E-state index in [0.717, 1.165) is 17.1 Å². The standard InChI is InChI=1S/C13H17NO4/c1-14-10(13(15)16)6-5-9-3-2-4-11-12(9)18-8-7-17-11/h2-4,10,14H,5-8H2,1H3,(H,15,16)/t10-/m0/s1. The Hall–Kier alpha value is -1.75. The molecule has 18 heavy (non-hydrogen) atoms. The van der Waals surface area contributed by atoms with E-state index in [9.17, 15) is 4.79 Å². The number of fused-ring (bicyclic) bond motifs is 1. The van der Waals surface area contributed by atoms with Crippen LogP contribution in [0.2, 0.25) is 0 Å². The van der Waals surface area contributed by atoms with Gasteiger partial charge in [-0.2, -0.15) is 0 Å². The number of nitrogens with one attached hydrogen (secondary N) is 1. The van der Waals surface area contributed by atoms with E-state index in [1.807, 2.05) is 18.2 Å². The highest BCUT2D eigenvalue weighted by atomic mass is 16.6. The summed E-state index contributed by atoms with van der Waals surface area (Å²) >= 11 is 0. The van der Waals surface area contributed by atoms with Crippen molar-refractivity contribution in [2.24, 2.45) is 0 Å². The lowest BCUT2D eigenvalue weighted by molar-refractivity contribution is -0.139. The highest BCUT2D eigenvalue weighted by molar-refractivity contribution is 5.73. The van der Waals surface area contributed by atoms with Crippen molar-refractivity contribution in [2.45, 2.75) is 18.9 Å². The number of aliphatic carboxylic acids is 1. The second kappa shape index (κ2) is 5.73. The number of hydrogen-bond acceptors (Lipinski definition) is 4. The molecule has 1 aliphatic rings. The summed E-state index contributed by atoms with van der Waals surface area (Å²) in [5.41, 5.74) is 0.994. The quantitative estimate of drug-likeness (QED) is 0.819. The fraction of sp³-hybridized carbons (Fsp3) is 0.462. The minimum atomic E-state index is -0.834. The molecule has 0 fully saturated rings. The van der Waals surface area contributed by atoms with Crippen LogP contribution in [0.3, 0.4) is 0 Å². The first-order valence-corrected chi connectivity index (χ1v) is 6.00. The molecular formula is C13H17NO4. The zero-order valence-electron chi connectivity index (χ0n) is 10.3. The number of benzene rings is 1. The van der Waals surface area contributed by atoms with Crippen LogP contribution in [-0.2, 0) is 11.2 Å². The second-order valence-electron chi connectivity index (χ2n) is 4.16. The van der Waals surface area contributed by atoms with Crippen LogP contribution in [0, 0.1) is 0 Å². The van der Waals surface area contributed by atoms with Gasteiger partial charge < -0.3 is 19.9 Å². The molecule has 0 spiro atoms. The first-order valence-electron chi connectivity index (χ1n) is 6.00. The van der Waals surface area contributed by atoms with Gasteiger partial charge >= 0.3 is 5.97 Å². The van der Waals surface area contributed by atoms with Crippen molar-refractivity contribution in [3.63, 3.8) is 0 Å². The number of rotatable bonds is 5. The molecule has 1 atom stereocenters. The molecule has 0 aliphatic carbocycles. The minimum absolute atomic E-state index is 0.519. The third kappa shape index (κ3) is 2.73. The SMILES string of the molecule is CN[C@@H](CCc1cccc2c1OCCO2)C(=O)O. The number of aryl methyl sites for hydroxylation is 1. The summed E-state index contributed by atoms with van der Waals surface area (Å²) in [6.45, 7) is 1.10. The molecule has 5 heteroatoms. The molecule has 0 saturated heterocycles. The topological polar surface area (TPSA) is 67.8 Å². The van der Waals surface area contributed by atoms with E-state index in [0.29, 0.717) is 26.1 Å². The highest BCUT2D eigenvalue weighted by Crippen LogP contribution is 2.34. The maximum Gasteiger partial charge on any atom is 0.320 e. The van der Waals surface area contributed by atoms with Crippen LogP contribution in [0.1, 0.15) is 12.0 Å². The lowest BCUT2D eigenvalue weighted by atomic mass is 10.0. The molecule has 0 saturated carbocycles. The van der Waals surface area contributed by atoms with Crippen LogP contribution in [0.5, 0.6) is 11.5 Å². The summed E-state index contributed by atoms with van der Waals surface area (Å²) in [5, 5.41) is 11.8. The molecule has 1 aliphatic heterocycles. The van der Waals surface area contributed by atoms with Crippen LogP contribution in [0.4, 0.5) is 0 Å². The van der Waals surface area contributed by atoms with Gasteiger partial charge in [0.15, 0.2) is 11.5 Å². The first-order chi connectivity index (χ1) is 8.72. The predicted molar refractivity (Wildman–Crippen MR) is 66.2 cm³/mol. The molecule has 5 nitrogen and oxygen atoms in total. The fourth-order valence-corrected chi connectivity index (χ4v) is 2.02. The Bertz CT molecular complexity index is 433. The van der Waals surface area contributed by atoms with Crippen molar-refractivity contribution in [1.82, 2.24) is 5.32 Å². The number of likely N-dealkylation sites (N-methyl/N-ethyl adjacent to an activating group) is 1. The molecule has 0 amide bonds. The van der Waals surface area contributed by atoms with Gasteiger partial charge in [-0.15, -0.1) is 0 Å². The van der Waals surface area contributed by atoms with Gasteiger partial charge in [-0.25, -0.2) is 0 Å².